The lowest BCUT2D eigenvalue weighted by Crippen LogP contribution is -2.24. The van der Waals surface area contributed by atoms with E-state index >= 15 is 0 Å². The Labute approximate surface area is 152 Å². The van der Waals surface area contributed by atoms with Crippen LogP contribution < -0.4 is 10.2 Å². The van der Waals surface area contributed by atoms with E-state index < -0.39 is 5.91 Å². The molecule has 0 aliphatic rings. The summed E-state index contributed by atoms with van der Waals surface area (Å²) in [5.74, 6) is -0.138. The second kappa shape index (κ2) is 8.41. The molecule has 0 unspecified atom stereocenters. The second-order valence-corrected chi connectivity index (χ2v) is 5.93. The van der Waals surface area contributed by atoms with Crippen LogP contribution in [0.1, 0.15) is 5.56 Å². The van der Waals surface area contributed by atoms with E-state index in [2.05, 4.69) is 10.5 Å². The Morgan fingerprint density at radius 1 is 1.13 bits per heavy atom. The summed E-state index contributed by atoms with van der Waals surface area (Å²) in [6, 6.07) is 9.83. The summed E-state index contributed by atoms with van der Waals surface area (Å²) in [7, 11) is 0. The normalized spacial score (nSPS) is 10.8. The summed E-state index contributed by atoms with van der Waals surface area (Å²) in [5.41, 5.74) is 2.94. The van der Waals surface area contributed by atoms with Crippen molar-refractivity contribution in [2.45, 2.75) is 0 Å². The predicted molar refractivity (Wildman–Crippen MR) is 94.2 cm³/mol. The van der Waals surface area contributed by atoms with Gasteiger partial charge in [-0.1, -0.05) is 58.5 Å². The Morgan fingerprint density at radius 3 is 2.65 bits per heavy atom. The highest BCUT2D eigenvalue weighted by molar-refractivity contribution is 6.42. The molecule has 0 atom stereocenters. The maximum absolute atomic E-state index is 11.7. The van der Waals surface area contributed by atoms with Gasteiger partial charge < -0.3 is 4.74 Å². The number of nitrogens with one attached hydrogen (secondary N) is 1. The average Bonchev–Trinajstić information content (AvgIpc) is 2.51. The third-order valence-electron chi connectivity index (χ3n) is 2.63. The van der Waals surface area contributed by atoms with Crippen LogP contribution in [0.3, 0.4) is 0 Å². The standard InChI is InChI=1S/C15H10Cl4N2O2/c16-10-5-4-9(12(18)6-10)7-20-21-14(22)8-23-13-3-1-2-11(17)15(13)19/h1-7H,8H2,(H,21,22)/b20-7+. The molecule has 120 valence electrons. The molecule has 0 fully saturated rings. The Bertz CT molecular complexity index is 750. The summed E-state index contributed by atoms with van der Waals surface area (Å²) < 4.78 is 5.28. The van der Waals surface area contributed by atoms with E-state index in [1.807, 2.05) is 0 Å². The molecule has 1 N–H and O–H groups in total. The first kappa shape index (κ1) is 17.9. The van der Waals surface area contributed by atoms with E-state index in [0.717, 1.165) is 0 Å². The van der Waals surface area contributed by atoms with E-state index in [1.165, 1.54) is 6.21 Å². The van der Waals surface area contributed by atoms with Crippen molar-refractivity contribution in [1.29, 1.82) is 0 Å². The van der Waals surface area contributed by atoms with Gasteiger partial charge in [0.25, 0.3) is 5.91 Å². The Morgan fingerprint density at radius 2 is 1.91 bits per heavy atom. The first-order valence-electron chi connectivity index (χ1n) is 6.31. The van der Waals surface area contributed by atoms with Crippen molar-refractivity contribution in [3.8, 4) is 5.75 Å². The van der Waals surface area contributed by atoms with Crippen molar-refractivity contribution in [2.75, 3.05) is 6.61 Å². The number of carbonyl (C=O) groups is 1. The molecule has 0 spiro atoms. The highest BCUT2D eigenvalue weighted by Gasteiger charge is 2.07. The lowest BCUT2D eigenvalue weighted by molar-refractivity contribution is -0.123. The van der Waals surface area contributed by atoms with E-state index in [9.17, 15) is 4.79 Å². The molecule has 1 amide bonds. The maximum Gasteiger partial charge on any atom is 0.277 e. The molecule has 0 saturated heterocycles. The van der Waals surface area contributed by atoms with E-state index in [1.54, 1.807) is 36.4 Å². The summed E-state index contributed by atoms with van der Waals surface area (Å²) in [6.07, 6.45) is 1.41. The molecule has 2 aromatic carbocycles. The number of hydrogen-bond acceptors (Lipinski definition) is 3. The van der Waals surface area contributed by atoms with Crippen molar-refractivity contribution in [2.24, 2.45) is 5.10 Å². The number of hydrogen-bond donors (Lipinski definition) is 1. The van der Waals surface area contributed by atoms with E-state index in [0.29, 0.717) is 26.4 Å². The summed E-state index contributed by atoms with van der Waals surface area (Å²) >= 11 is 23.6. The van der Waals surface area contributed by atoms with Crippen molar-refractivity contribution < 1.29 is 9.53 Å². The second-order valence-electron chi connectivity index (χ2n) is 4.30. The topological polar surface area (TPSA) is 50.7 Å². The fraction of sp³-hybridized carbons (Fsp3) is 0.0667. The molecule has 0 aromatic heterocycles. The highest BCUT2D eigenvalue weighted by atomic mass is 35.5. The Hall–Kier alpha value is -1.46. The summed E-state index contributed by atoms with van der Waals surface area (Å²) in [4.78, 5) is 11.7. The average molecular weight is 392 g/mol. The van der Waals surface area contributed by atoms with Crippen LogP contribution in [0.15, 0.2) is 41.5 Å². The molecule has 0 aliphatic carbocycles. The van der Waals surface area contributed by atoms with Gasteiger partial charge in [0.1, 0.15) is 10.8 Å². The first-order chi connectivity index (χ1) is 11.0. The number of rotatable bonds is 5. The molecular formula is C15H10Cl4N2O2. The molecule has 0 aliphatic heterocycles. The Kier molecular flexibility index (Phi) is 6.54. The van der Waals surface area contributed by atoms with Crippen molar-refractivity contribution in [3.63, 3.8) is 0 Å². The highest BCUT2D eigenvalue weighted by Crippen LogP contribution is 2.31. The molecule has 2 rings (SSSR count). The van der Waals surface area contributed by atoms with Crippen LogP contribution in [0.2, 0.25) is 20.1 Å². The lowest BCUT2D eigenvalue weighted by atomic mass is 10.2. The zero-order valence-electron chi connectivity index (χ0n) is 11.5. The monoisotopic (exact) mass is 390 g/mol. The summed E-state index contributed by atoms with van der Waals surface area (Å²) in [5, 5.41) is 5.33. The fourth-order valence-corrected chi connectivity index (χ4v) is 2.35. The van der Waals surface area contributed by atoms with Crippen molar-refractivity contribution in [1.82, 2.24) is 5.43 Å². The minimum atomic E-state index is -0.456. The van der Waals surface area contributed by atoms with Gasteiger partial charge in [-0.15, -0.1) is 0 Å². The van der Waals surface area contributed by atoms with Gasteiger partial charge in [-0.05, 0) is 24.3 Å². The van der Waals surface area contributed by atoms with Crippen LogP contribution in [-0.2, 0) is 4.79 Å². The van der Waals surface area contributed by atoms with Crippen molar-refractivity contribution in [3.05, 3.63) is 62.1 Å². The van der Waals surface area contributed by atoms with Gasteiger partial charge in [0.15, 0.2) is 6.61 Å². The van der Waals surface area contributed by atoms with E-state index in [-0.39, 0.29) is 11.6 Å². The fourth-order valence-electron chi connectivity index (χ4n) is 1.55. The smallest absolute Gasteiger partial charge is 0.277 e. The van der Waals surface area contributed by atoms with Gasteiger partial charge in [0.05, 0.1) is 16.3 Å². The lowest BCUT2D eigenvalue weighted by Gasteiger charge is -2.07. The molecule has 0 bridgehead atoms. The number of nitrogens with zero attached hydrogens (tertiary/aromatic N) is 1. The van der Waals surface area contributed by atoms with Crippen LogP contribution in [0.4, 0.5) is 0 Å². The molecule has 0 heterocycles. The van der Waals surface area contributed by atoms with Gasteiger partial charge in [-0.25, -0.2) is 5.43 Å². The van der Waals surface area contributed by atoms with Crippen LogP contribution in [0.5, 0.6) is 5.75 Å². The Balaban J connectivity index is 1.87. The van der Waals surface area contributed by atoms with Gasteiger partial charge in [0.2, 0.25) is 0 Å². The number of amides is 1. The van der Waals surface area contributed by atoms with Gasteiger partial charge in [-0.3, -0.25) is 4.79 Å². The van der Waals surface area contributed by atoms with Crippen LogP contribution in [0.25, 0.3) is 0 Å². The molecule has 8 heteroatoms. The molecule has 0 radical (unpaired) electrons. The molecule has 2 aromatic rings. The maximum atomic E-state index is 11.7. The zero-order valence-corrected chi connectivity index (χ0v) is 14.5. The number of benzene rings is 2. The predicted octanol–water partition coefficient (Wildman–Crippen LogP) is 4.83. The molecule has 4 nitrogen and oxygen atoms in total. The molecule has 23 heavy (non-hydrogen) atoms. The number of ether oxygens (including phenoxy) is 1. The van der Waals surface area contributed by atoms with Crippen molar-refractivity contribution >= 4 is 58.5 Å². The zero-order chi connectivity index (χ0) is 16.8. The molecular weight excluding hydrogens is 382 g/mol. The van der Waals surface area contributed by atoms with Crippen LogP contribution in [-0.4, -0.2) is 18.7 Å². The van der Waals surface area contributed by atoms with Gasteiger partial charge in [-0.2, -0.15) is 5.10 Å². The summed E-state index contributed by atoms with van der Waals surface area (Å²) in [6.45, 7) is -0.258. The quantitative estimate of drug-likeness (QED) is 0.586. The molecule has 0 saturated carbocycles. The minimum absolute atomic E-state index is 0.249. The van der Waals surface area contributed by atoms with Gasteiger partial charge >= 0.3 is 0 Å². The van der Waals surface area contributed by atoms with Crippen LogP contribution in [0, 0.1) is 0 Å². The SMILES string of the molecule is O=C(COc1cccc(Cl)c1Cl)N/N=C/c1ccc(Cl)cc1Cl. The van der Waals surface area contributed by atoms with E-state index in [4.69, 9.17) is 51.1 Å². The number of hydrazone groups is 1. The minimum Gasteiger partial charge on any atom is -0.482 e. The number of halogens is 4. The third kappa shape index (κ3) is 5.29. The largest absolute Gasteiger partial charge is 0.482 e. The van der Waals surface area contributed by atoms with Gasteiger partial charge in [0, 0.05) is 10.6 Å². The number of carbonyl (C=O) groups excluding carboxylic acids is 1. The van der Waals surface area contributed by atoms with Crippen LogP contribution >= 0.6 is 46.4 Å². The third-order valence-corrected chi connectivity index (χ3v) is 3.99. The first-order valence-corrected chi connectivity index (χ1v) is 7.82.